The second-order valence-corrected chi connectivity index (χ2v) is 5.50. The van der Waals surface area contributed by atoms with Gasteiger partial charge in [0.25, 0.3) is 0 Å². The van der Waals surface area contributed by atoms with Gasteiger partial charge < -0.3 is 5.32 Å². The predicted molar refractivity (Wildman–Crippen MR) is 81.7 cm³/mol. The SMILES string of the molecule is Clc1cc(NCC2CC=CCC2)c2ncccc2c1. The molecule has 1 atom stereocenters. The normalized spacial score (nSPS) is 18.7. The minimum atomic E-state index is 0.711. The minimum Gasteiger partial charge on any atom is -0.383 e. The van der Waals surface area contributed by atoms with Crippen molar-refractivity contribution in [1.82, 2.24) is 4.98 Å². The fourth-order valence-corrected chi connectivity index (χ4v) is 2.81. The van der Waals surface area contributed by atoms with E-state index >= 15 is 0 Å². The van der Waals surface area contributed by atoms with Crippen LogP contribution < -0.4 is 5.32 Å². The highest BCUT2D eigenvalue weighted by atomic mass is 35.5. The summed E-state index contributed by atoms with van der Waals surface area (Å²) in [7, 11) is 0. The van der Waals surface area contributed by atoms with Gasteiger partial charge in [-0.05, 0) is 43.4 Å². The number of allylic oxidation sites excluding steroid dienone is 2. The van der Waals surface area contributed by atoms with E-state index in [4.69, 9.17) is 11.6 Å². The molecule has 0 bridgehead atoms. The molecule has 98 valence electrons. The molecule has 0 saturated carbocycles. The number of fused-ring (bicyclic) bond motifs is 1. The van der Waals surface area contributed by atoms with Gasteiger partial charge in [-0.1, -0.05) is 29.8 Å². The molecule has 1 N–H and O–H groups in total. The Morgan fingerprint density at radius 2 is 2.26 bits per heavy atom. The zero-order valence-corrected chi connectivity index (χ0v) is 11.5. The summed E-state index contributed by atoms with van der Waals surface area (Å²) in [6, 6.07) is 7.91. The molecule has 3 heteroatoms. The first-order valence-corrected chi connectivity index (χ1v) is 7.14. The fourth-order valence-electron chi connectivity index (χ4n) is 2.59. The van der Waals surface area contributed by atoms with E-state index in [1.54, 1.807) is 0 Å². The molecule has 2 aromatic rings. The Kier molecular flexibility index (Phi) is 3.69. The third-order valence-corrected chi connectivity index (χ3v) is 3.85. The van der Waals surface area contributed by atoms with Crippen LogP contribution in [0, 0.1) is 5.92 Å². The molecule has 2 nitrogen and oxygen atoms in total. The van der Waals surface area contributed by atoms with Crippen molar-refractivity contribution < 1.29 is 0 Å². The maximum atomic E-state index is 6.17. The van der Waals surface area contributed by atoms with Crippen molar-refractivity contribution in [2.75, 3.05) is 11.9 Å². The Bertz CT molecular complexity index is 607. The van der Waals surface area contributed by atoms with E-state index < -0.39 is 0 Å². The number of nitrogens with one attached hydrogen (secondary N) is 1. The summed E-state index contributed by atoms with van der Waals surface area (Å²) in [5, 5.41) is 5.36. The number of anilines is 1. The van der Waals surface area contributed by atoms with Gasteiger partial charge >= 0.3 is 0 Å². The van der Waals surface area contributed by atoms with E-state index in [0.29, 0.717) is 5.92 Å². The smallest absolute Gasteiger partial charge is 0.0934 e. The highest BCUT2D eigenvalue weighted by molar-refractivity contribution is 6.31. The van der Waals surface area contributed by atoms with Gasteiger partial charge in [0.05, 0.1) is 11.2 Å². The van der Waals surface area contributed by atoms with Crippen LogP contribution in [0.15, 0.2) is 42.6 Å². The van der Waals surface area contributed by atoms with Crippen LogP contribution in [0.4, 0.5) is 5.69 Å². The Hall–Kier alpha value is -1.54. The van der Waals surface area contributed by atoms with Crippen LogP contribution in [0.5, 0.6) is 0 Å². The number of pyridine rings is 1. The third-order valence-electron chi connectivity index (χ3n) is 3.63. The lowest BCUT2D eigenvalue weighted by Crippen LogP contribution is -2.15. The highest BCUT2D eigenvalue weighted by Crippen LogP contribution is 2.27. The molecule has 1 unspecified atom stereocenters. The number of hydrogen-bond donors (Lipinski definition) is 1. The first-order chi connectivity index (χ1) is 9.33. The van der Waals surface area contributed by atoms with Crippen molar-refractivity contribution in [1.29, 1.82) is 0 Å². The number of rotatable bonds is 3. The van der Waals surface area contributed by atoms with Crippen LogP contribution in [-0.2, 0) is 0 Å². The van der Waals surface area contributed by atoms with Gasteiger partial charge in [-0.15, -0.1) is 0 Å². The van der Waals surface area contributed by atoms with E-state index in [9.17, 15) is 0 Å². The second kappa shape index (κ2) is 5.62. The van der Waals surface area contributed by atoms with Gasteiger partial charge in [0, 0.05) is 23.2 Å². The Morgan fingerprint density at radius 1 is 1.32 bits per heavy atom. The quantitative estimate of drug-likeness (QED) is 0.822. The molecule has 0 amide bonds. The van der Waals surface area contributed by atoms with Crippen LogP contribution in [0.3, 0.4) is 0 Å². The first kappa shape index (κ1) is 12.5. The van der Waals surface area contributed by atoms with Crippen LogP contribution >= 0.6 is 11.6 Å². The van der Waals surface area contributed by atoms with Crippen molar-refractivity contribution in [2.24, 2.45) is 5.92 Å². The van der Waals surface area contributed by atoms with E-state index in [-0.39, 0.29) is 0 Å². The van der Waals surface area contributed by atoms with E-state index in [1.165, 1.54) is 19.3 Å². The maximum Gasteiger partial charge on any atom is 0.0934 e. The Labute approximate surface area is 118 Å². The van der Waals surface area contributed by atoms with Gasteiger partial charge in [-0.25, -0.2) is 0 Å². The molecule has 0 spiro atoms. The number of hydrogen-bond acceptors (Lipinski definition) is 2. The highest BCUT2D eigenvalue weighted by Gasteiger charge is 2.11. The first-order valence-electron chi connectivity index (χ1n) is 6.76. The predicted octanol–water partition coefficient (Wildman–Crippen LogP) is 4.66. The van der Waals surface area contributed by atoms with Gasteiger partial charge in [0.2, 0.25) is 0 Å². The third kappa shape index (κ3) is 2.90. The average molecular weight is 273 g/mol. The molecular weight excluding hydrogens is 256 g/mol. The molecule has 1 aliphatic carbocycles. The van der Waals surface area contributed by atoms with Crippen molar-refractivity contribution in [3.8, 4) is 0 Å². The lowest BCUT2D eigenvalue weighted by molar-refractivity contribution is 0.504. The molecule has 1 aromatic carbocycles. The lowest BCUT2D eigenvalue weighted by atomic mass is 9.94. The van der Waals surface area contributed by atoms with Crippen molar-refractivity contribution in [3.05, 3.63) is 47.6 Å². The topological polar surface area (TPSA) is 24.9 Å². The van der Waals surface area contributed by atoms with E-state index in [1.807, 2.05) is 30.5 Å². The lowest BCUT2D eigenvalue weighted by Gasteiger charge is -2.19. The summed E-state index contributed by atoms with van der Waals surface area (Å²) in [4.78, 5) is 4.45. The molecule has 0 saturated heterocycles. The summed E-state index contributed by atoms with van der Waals surface area (Å²) in [6.07, 6.45) is 10.00. The molecule has 19 heavy (non-hydrogen) atoms. The van der Waals surface area contributed by atoms with E-state index in [2.05, 4.69) is 22.5 Å². The fraction of sp³-hybridized carbons (Fsp3) is 0.312. The van der Waals surface area contributed by atoms with Gasteiger partial charge in [0.15, 0.2) is 0 Å². The Morgan fingerprint density at radius 3 is 3.11 bits per heavy atom. The minimum absolute atomic E-state index is 0.711. The van der Waals surface area contributed by atoms with Gasteiger partial charge in [-0.2, -0.15) is 0 Å². The zero-order chi connectivity index (χ0) is 13.1. The van der Waals surface area contributed by atoms with Crippen LogP contribution in [0.25, 0.3) is 10.9 Å². The summed E-state index contributed by atoms with van der Waals surface area (Å²) in [6.45, 7) is 0.982. The number of halogens is 1. The zero-order valence-electron chi connectivity index (χ0n) is 10.8. The molecule has 0 aliphatic heterocycles. The van der Waals surface area contributed by atoms with Crippen molar-refractivity contribution >= 4 is 28.2 Å². The van der Waals surface area contributed by atoms with Crippen LogP contribution in [0.2, 0.25) is 5.02 Å². The molecule has 1 aromatic heterocycles. The van der Waals surface area contributed by atoms with Crippen LogP contribution in [0.1, 0.15) is 19.3 Å². The van der Waals surface area contributed by atoms with Crippen molar-refractivity contribution in [2.45, 2.75) is 19.3 Å². The Balaban J connectivity index is 1.81. The number of aromatic nitrogens is 1. The molecule has 1 aliphatic rings. The van der Waals surface area contributed by atoms with Crippen LogP contribution in [-0.4, -0.2) is 11.5 Å². The molecule has 3 rings (SSSR count). The van der Waals surface area contributed by atoms with Gasteiger partial charge in [0.1, 0.15) is 0 Å². The summed E-state index contributed by atoms with van der Waals surface area (Å²) < 4.78 is 0. The second-order valence-electron chi connectivity index (χ2n) is 5.06. The largest absolute Gasteiger partial charge is 0.383 e. The summed E-state index contributed by atoms with van der Waals surface area (Å²) in [5.41, 5.74) is 2.04. The molecule has 0 fully saturated rings. The molecular formula is C16H17ClN2. The monoisotopic (exact) mass is 272 g/mol. The standard InChI is InChI=1S/C16H17ClN2/c17-14-9-13-7-4-8-18-16(13)15(10-14)19-11-12-5-2-1-3-6-12/h1-2,4,7-10,12,19H,3,5-6,11H2. The molecule has 1 heterocycles. The maximum absolute atomic E-state index is 6.17. The summed E-state index contributed by atoms with van der Waals surface area (Å²) >= 11 is 6.17. The van der Waals surface area contributed by atoms with E-state index in [0.717, 1.165) is 28.2 Å². The number of nitrogens with zero attached hydrogens (tertiary/aromatic N) is 1. The average Bonchev–Trinajstić information content (AvgIpc) is 2.45. The van der Waals surface area contributed by atoms with Crippen molar-refractivity contribution in [3.63, 3.8) is 0 Å². The molecule has 0 radical (unpaired) electrons. The number of benzene rings is 1. The van der Waals surface area contributed by atoms with Gasteiger partial charge in [-0.3, -0.25) is 4.98 Å². The summed E-state index contributed by atoms with van der Waals surface area (Å²) in [5.74, 6) is 0.711.